The molecule has 0 fully saturated rings. The standard InChI is InChI=1S/C16H22N4O/c1-16(2,3)20-11-13(10-19-20)9-18-8-12-5-4-6-14(7-12)15(17)21/h4-7,10-11,18H,8-9H2,1-3H3,(H2,17,21). The largest absolute Gasteiger partial charge is 0.366 e. The third kappa shape index (κ3) is 4.16. The van der Waals surface area contributed by atoms with Crippen molar-refractivity contribution in [3.63, 3.8) is 0 Å². The van der Waals surface area contributed by atoms with Crippen molar-refractivity contribution >= 4 is 5.91 Å². The molecule has 0 aliphatic heterocycles. The molecular weight excluding hydrogens is 264 g/mol. The average molecular weight is 286 g/mol. The normalized spacial score (nSPS) is 11.6. The number of amides is 1. The lowest BCUT2D eigenvalue weighted by Crippen LogP contribution is -2.22. The average Bonchev–Trinajstić information content (AvgIpc) is 2.88. The van der Waals surface area contributed by atoms with E-state index in [1.165, 1.54) is 0 Å². The first-order valence-corrected chi connectivity index (χ1v) is 7.00. The molecular formula is C16H22N4O. The molecule has 2 rings (SSSR count). The molecule has 0 unspecified atom stereocenters. The van der Waals surface area contributed by atoms with Crippen molar-refractivity contribution in [3.05, 3.63) is 53.3 Å². The molecule has 0 saturated carbocycles. The Morgan fingerprint density at radius 3 is 2.62 bits per heavy atom. The van der Waals surface area contributed by atoms with Gasteiger partial charge in [0.05, 0.1) is 11.7 Å². The summed E-state index contributed by atoms with van der Waals surface area (Å²) in [6.07, 6.45) is 3.92. The van der Waals surface area contributed by atoms with Gasteiger partial charge in [0, 0.05) is 30.4 Å². The number of hydrogen-bond donors (Lipinski definition) is 2. The van der Waals surface area contributed by atoms with E-state index >= 15 is 0 Å². The molecule has 1 aromatic heterocycles. The van der Waals surface area contributed by atoms with Crippen molar-refractivity contribution in [2.75, 3.05) is 0 Å². The van der Waals surface area contributed by atoms with Crippen molar-refractivity contribution in [2.24, 2.45) is 5.73 Å². The Balaban J connectivity index is 1.91. The lowest BCUT2D eigenvalue weighted by Gasteiger charge is -2.18. The number of carbonyl (C=O) groups is 1. The Kier molecular flexibility index (Phi) is 4.43. The van der Waals surface area contributed by atoms with Crippen LogP contribution in [0, 0.1) is 0 Å². The van der Waals surface area contributed by atoms with Crippen molar-refractivity contribution in [3.8, 4) is 0 Å². The molecule has 21 heavy (non-hydrogen) atoms. The Morgan fingerprint density at radius 1 is 1.29 bits per heavy atom. The van der Waals surface area contributed by atoms with E-state index in [1.807, 2.05) is 35.3 Å². The van der Waals surface area contributed by atoms with Gasteiger partial charge in [-0.2, -0.15) is 5.10 Å². The van der Waals surface area contributed by atoms with Gasteiger partial charge in [-0.25, -0.2) is 0 Å². The van der Waals surface area contributed by atoms with Gasteiger partial charge in [-0.15, -0.1) is 0 Å². The van der Waals surface area contributed by atoms with Gasteiger partial charge >= 0.3 is 0 Å². The first-order chi connectivity index (χ1) is 9.86. The summed E-state index contributed by atoms with van der Waals surface area (Å²) in [5.74, 6) is -0.400. The highest BCUT2D eigenvalue weighted by Gasteiger charge is 2.13. The molecule has 5 heteroatoms. The summed E-state index contributed by atoms with van der Waals surface area (Å²) >= 11 is 0. The molecule has 1 heterocycles. The number of carbonyl (C=O) groups excluding carboxylic acids is 1. The van der Waals surface area contributed by atoms with Crippen LogP contribution < -0.4 is 11.1 Å². The van der Waals surface area contributed by atoms with E-state index in [1.54, 1.807) is 6.07 Å². The fourth-order valence-corrected chi connectivity index (χ4v) is 2.00. The fourth-order valence-electron chi connectivity index (χ4n) is 2.00. The Bertz CT molecular complexity index is 625. The minimum atomic E-state index is -0.400. The molecule has 112 valence electrons. The molecule has 0 bridgehead atoms. The molecule has 0 aliphatic rings. The zero-order valence-corrected chi connectivity index (χ0v) is 12.8. The zero-order valence-electron chi connectivity index (χ0n) is 12.8. The van der Waals surface area contributed by atoms with Gasteiger partial charge in [0.15, 0.2) is 0 Å². The second-order valence-electron chi connectivity index (χ2n) is 6.13. The Labute approximate surface area is 125 Å². The maximum Gasteiger partial charge on any atom is 0.248 e. The van der Waals surface area contributed by atoms with E-state index in [-0.39, 0.29) is 5.54 Å². The van der Waals surface area contributed by atoms with Crippen LogP contribution in [0.4, 0.5) is 0 Å². The van der Waals surface area contributed by atoms with Crippen LogP contribution in [0.2, 0.25) is 0 Å². The van der Waals surface area contributed by atoms with Crippen molar-refractivity contribution in [2.45, 2.75) is 39.4 Å². The summed E-state index contributed by atoms with van der Waals surface area (Å²) in [6.45, 7) is 7.77. The van der Waals surface area contributed by atoms with Crippen LogP contribution in [0.1, 0.15) is 42.3 Å². The van der Waals surface area contributed by atoms with E-state index in [2.05, 4.69) is 31.2 Å². The van der Waals surface area contributed by atoms with Gasteiger partial charge < -0.3 is 11.1 Å². The lowest BCUT2D eigenvalue weighted by atomic mass is 10.1. The maximum atomic E-state index is 11.1. The monoisotopic (exact) mass is 286 g/mol. The summed E-state index contributed by atoms with van der Waals surface area (Å²) in [6, 6.07) is 7.35. The predicted molar refractivity (Wildman–Crippen MR) is 82.7 cm³/mol. The second kappa shape index (κ2) is 6.10. The second-order valence-corrected chi connectivity index (χ2v) is 6.13. The van der Waals surface area contributed by atoms with E-state index in [0.29, 0.717) is 12.1 Å². The smallest absolute Gasteiger partial charge is 0.248 e. The van der Waals surface area contributed by atoms with E-state index < -0.39 is 5.91 Å². The van der Waals surface area contributed by atoms with Crippen molar-refractivity contribution in [1.29, 1.82) is 0 Å². The van der Waals surface area contributed by atoms with E-state index in [4.69, 9.17) is 5.73 Å². The number of primary amides is 1. The van der Waals surface area contributed by atoms with Gasteiger partial charge in [-0.1, -0.05) is 12.1 Å². The lowest BCUT2D eigenvalue weighted by molar-refractivity contribution is 0.1000. The summed E-state index contributed by atoms with van der Waals surface area (Å²) in [7, 11) is 0. The van der Waals surface area contributed by atoms with Gasteiger partial charge in [-0.3, -0.25) is 9.48 Å². The van der Waals surface area contributed by atoms with Crippen LogP contribution in [-0.2, 0) is 18.6 Å². The maximum absolute atomic E-state index is 11.1. The number of benzene rings is 1. The van der Waals surface area contributed by atoms with E-state index in [0.717, 1.165) is 17.7 Å². The molecule has 0 spiro atoms. The minimum absolute atomic E-state index is 0.00588. The molecule has 0 saturated heterocycles. The number of hydrogen-bond acceptors (Lipinski definition) is 3. The SMILES string of the molecule is CC(C)(C)n1cc(CNCc2cccc(C(N)=O)c2)cn1. The third-order valence-corrected chi connectivity index (χ3v) is 3.19. The number of nitrogens with two attached hydrogens (primary N) is 1. The van der Waals surface area contributed by atoms with Gasteiger partial charge in [0.2, 0.25) is 5.91 Å². The summed E-state index contributed by atoms with van der Waals surface area (Å²) < 4.78 is 1.96. The summed E-state index contributed by atoms with van der Waals surface area (Å²) in [5.41, 5.74) is 7.98. The number of nitrogens with zero attached hydrogens (tertiary/aromatic N) is 2. The molecule has 1 aromatic carbocycles. The zero-order chi connectivity index (χ0) is 15.5. The molecule has 0 atom stereocenters. The van der Waals surface area contributed by atoms with Gasteiger partial charge in [-0.05, 0) is 38.5 Å². The van der Waals surface area contributed by atoms with Crippen LogP contribution in [0.15, 0.2) is 36.7 Å². The number of rotatable bonds is 5. The first-order valence-electron chi connectivity index (χ1n) is 7.00. The molecule has 0 radical (unpaired) electrons. The van der Waals surface area contributed by atoms with Crippen LogP contribution >= 0.6 is 0 Å². The van der Waals surface area contributed by atoms with E-state index in [9.17, 15) is 4.79 Å². The van der Waals surface area contributed by atoms with Crippen LogP contribution in [0.25, 0.3) is 0 Å². The Hall–Kier alpha value is -2.14. The molecule has 5 nitrogen and oxygen atoms in total. The van der Waals surface area contributed by atoms with Crippen LogP contribution in [0.5, 0.6) is 0 Å². The molecule has 1 amide bonds. The fraction of sp³-hybridized carbons (Fsp3) is 0.375. The molecule has 2 aromatic rings. The summed E-state index contributed by atoms with van der Waals surface area (Å²) in [5, 5.41) is 7.71. The van der Waals surface area contributed by atoms with Crippen molar-refractivity contribution in [1.82, 2.24) is 15.1 Å². The highest BCUT2D eigenvalue weighted by atomic mass is 16.1. The predicted octanol–water partition coefficient (Wildman–Crippen LogP) is 2.03. The highest BCUT2D eigenvalue weighted by molar-refractivity contribution is 5.92. The van der Waals surface area contributed by atoms with Crippen LogP contribution in [0.3, 0.4) is 0 Å². The summed E-state index contributed by atoms with van der Waals surface area (Å²) in [4.78, 5) is 11.1. The minimum Gasteiger partial charge on any atom is -0.366 e. The number of nitrogens with one attached hydrogen (secondary N) is 1. The first kappa shape index (κ1) is 15.3. The highest BCUT2D eigenvalue weighted by Crippen LogP contribution is 2.13. The van der Waals surface area contributed by atoms with Gasteiger partial charge in [0.25, 0.3) is 0 Å². The topological polar surface area (TPSA) is 72.9 Å². The Morgan fingerprint density at radius 2 is 2.00 bits per heavy atom. The van der Waals surface area contributed by atoms with Crippen LogP contribution in [-0.4, -0.2) is 15.7 Å². The van der Waals surface area contributed by atoms with Crippen molar-refractivity contribution < 1.29 is 4.79 Å². The molecule has 0 aliphatic carbocycles. The third-order valence-electron chi connectivity index (χ3n) is 3.19. The molecule has 3 N–H and O–H groups in total. The number of aromatic nitrogens is 2. The quantitative estimate of drug-likeness (QED) is 0.883. The van der Waals surface area contributed by atoms with Gasteiger partial charge in [0.1, 0.15) is 0 Å².